The summed E-state index contributed by atoms with van der Waals surface area (Å²) in [6.07, 6.45) is 3.55. The van der Waals surface area contributed by atoms with Crippen LogP contribution in [0.5, 0.6) is 0 Å². The second-order valence-electron chi connectivity index (χ2n) is 5.11. The summed E-state index contributed by atoms with van der Waals surface area (Å²) in [6, 6.07) is 3.85. The Kier molecular flexibility index (Phi) is 5.24. The topological polar surface area (TPSA) is 36.4 Å². The van der Waals surface area contributed by atoms with Gasteiger partial charge in [-0.3, -0.25) is 4.79 Å². The number of anilines is 1. The zero-order valence-electron chi connectivity index (χ0n) is 12.2. The molecule has 0 atom stereocenters. The first kappa shape index (κ1) is 15.1. The average Bonchev–Trinajstić information content (AvgIpc) is 2.48. The lowest BCUT2D eigenvalue weighted by atomic mass is 9.95. The summed E-state index contributed by atoms with van der Waals surface area (Å²) in [5, 5.41) is 0.517. The van der Waals surface area contributed by atoms with Crippen molar-refractivity contribution in [1.29, 1.82) is 0 Å². The number of amides is 1. The van der Waals surface area contributed by atoms with E-state index in [0.29, 0.717) is 11.1 Å². The Labute approximate surface area is 125 Å². The third kappa shape index (κ3) is 3.42. The molecule has 1 aliphatic rings. The molecule has 1 amide bonds. The molecule has 0 aromatic carbocycles. The number of nitrogens with zero attached hydrogens (tertiary/aromatic N) is 3. The summed E-state index contributed by atoms with van der Waals surface area (Å²) in [4.78, 5) is 20.5. The predicted octanol–water partition coefficient (Wildman–Crippen LogP) is 2.82. The van der Waals surface area contributed by atoms with Crippen LogP contribution >= 0.6 is 11.6 Å². The molecule has 2 rings (SSSR count). The fraction of sp³-hybridized carbons (Fsp3) is 0.600. The molecule has 110 valence electrons. The van der Waals surface area contributed by atoms with Crippen molar-refractivity contribution in [3.63, 3.8) is 0 Å². The van der Waals surface area contributed by atoms with Crippen LogP contribution in [0.3, 0.4) is 0 Å². The van der Waals surface area contributed by atoms with Crippen molar-refractivity contribution in [3.8, 4) is 0 Å². The Morgan fingerprint density at radius 2 is 2.05 bits per heavy atom. The van der Waals surface area contributed by atoms with Gasteiger partial charge >= 0.3 is 0 Å². The van der Waals surface area contributed by atoms with Gasteiger partial charge in [0.25, 0.3) is 0 Å². The maximum Gasteiger partial charge on any atom is 0.225 e. The molecule has 4 nitrogen and oxygen atoms in total. The summed E-state index contributed by atoms with van der Waals surface area (Å²) >= 11 is 5.92. The van der Waals surface area contributed by atoms with E-state index >= 15 is 0 Å². The minimum Gasteiger partial charge on any atom is -0.371 e. The highest BCUT2D eigenvalue weighted by Gasteiger charge is 2.27. The highest BCUT2D eigenvalue weighted by Crippen LogP contribution is 2.25. The van der Waals surface area contributed by atoms with E-state index in [2.05, 4.69) is 9.88 Å². The van der Waals surface area contributed by atoms with Crippen molar-refractivity contribution in [2.45, 2.75) is 26.7 Å². The van der Waals surface area contributed by atoms with Gasteiger partial charge in [0.1, 0.15) is 5.15 Å². The quantitative estimate of drug-likeness (QED) is 0.802. The Morgan fingerprint density at radius 1 is 1.40 bits per heavy atom. The number of piperidine rings is 1. The molecule has 2 heterocycles. The molecule has 0 radical (unpaired) electrons. The number of hydrogen-bond acceptors (Lipinski definition) is 3. The lowest BCUT2D eigenvalue weighted by Gasteiger charge is -2.35. The van der Waals surface area contributed by atoms with E-state index in [0.717, 1.165) is 44.7 Å². The maximum atomic E-state index is 12.3. The van der Waals surface area contributed by atoms with Crippen molar-refractivity contribution in [2.75, 3.05) is 31.1 Å². The molecule has 0 N–H and O–H groups in total. The predicted molar refractivity (Wildman–Crippen MR) is 82.1 cm³/mol. The number of hydrogen-bond donors (Lipinski definition) is 0. The minimum atomic E-state index is 0.170. The Hall–Kier alpha value is -1.29. The summed E-state index contributed by atoms with van der Waals surface area (Å²) < 4.78 is 0. The van der Waals surface area contributed by atoms with Gasteiger partial charge < -0.3 is 9.80 Å². The normalized spacial score (nSPS) is 16.2. The van der Waals surface area contributed by atoms with Crippen molar-refractivity contribution < 1.29 is 4.79 Å². The number of carbonyl (C=O) groups is 1. The molecule has 5 heteroatoms. The summed E-state index contributed by atoms with van der Waals surface area (Å²) in [5.74, 6) is 0.478. The second kappa shape index (κ2) is 6.93. The SMILES string of the molecule is CCN(CC)C(=O)C1CCN(c2ccnc(Cl)c2)CC1. The standard InChI is InChI=1S/C15H22ClN3O/c1-3-18(4-2)15(20)12-6-9-19(10-7-12)13-5-8-17-14(16)11-13/h5,8,11-12H,3-4,6-7,9-10H2,1-2H3. The van der Waals surface area contributed by atoms with Crippen molar-refractivity contribution in [1.82, 2.24) is 9.88 Å². The molecule has 1 aromatic rings. The van der Waals surface area contributed by atoms with Gasteiger partial charge in [0, 0.05) is 44.0 Å². The van der Waals surface area contributed by atoms with E-state index < -0.39 is 0 Å². The molecule has 0 aliphatic carbocycles. The lowest BCUT2D eigenvalue weighted by molar-refractivity contribution is -0.135. The van der Waals surface area contributed by atoms with Crippen LogP contribution in [0.15, 0.2) is 18.3 Å². The fourth-order valence-corrected chi connectivity index (χ4v) is 2.94. The molecule has 0 spiro atoms. The van der Waals surface area contributed by atoms with Gasteiger partial charge in [0.05, 0.1) is 0 Å². The number of pyridine rings is 1. The van der Waals surface area contributed by atoms with E-state index in [9.17, 15) is 4.79 Å². The first-order valence-electron chi connectivity index (χ1n) is 7.31. The molecule has 1 saturated heterocycles. The fourth-order valence-electron chi connectivity index (χ4n) is 2.77. The van der Waals surface area contributed by atoms with Crippen molar-refractivity contribution in [2.24, 2.45) is 5.92 Å². The zero-order valence-corrected chi connectivity index (χ0v) is 12.9. The smallest absolute Gasteiger partial charge is 0.225 e. The van der Waals surface area contributed by atoms with Crippen LogP contribution in [0.4, 0.5) is 5.69 Å². The highest BCUT2D eigenvalue weighted by molar-refractivity contribution is 6.29. The maximum absolute atomic E-state index is 12.3. The third-order valence-electron chi connectivity index (χ3n) is 3.99. The van der Waals surface area contributed by atoms with Crippen LogP contribution in [-0.4, -0.2) is 42.0 Å². The minimum absolute atomic E-state index is 0.170. The molecular formula is C15H22ClN3O. The average molecular weight is 296 g/mol. The van der Waals surface area contributed by atoms with Gasteiger partial charge in [-0.05, 0) is 38.8 Å². The van der Waals surface area contributed by atoms with Crippen LogP contribution in [0.2, 0.25) is 5.15 Å². The molecule has 0 unspecified atom stereocenters. The third-order valence-corrected chi connectivity index (χ3v) is 4.20. The Morgan fingerprint density at radius 3 is 2.60 bits per heavy atom. The molecule has 20 heavy (non-hydrogen) atoms. The lowest BCUT2D eigenvalue weighted by Crippen LogP contribution is -2.42. The van der Waals surface area contributed by atoms with Gasteiger partial charge in [-0.1, -0.05) is 11.6 Å². The number of rotatable bonds is 4. The molecule has 1 aliphatic heterocycles. The molecule has 1 aromatic heterocycles. The van der Waals surface area contributed by atoms with Gasteiger partial charge in [0.15, 0.2) is 0 Å². The van der Waals surface area contributed by atoms with Gasteiger partial charge in [0.2, 0.25) is 5.91 Å². The van der Waals surface area contributed by atoms with E-state index in [1.165, 1.54) is 0 Å². The number of halogens is 1. The largest absolute Gasteiger partial charge is 0.371 e. The zero-order chi connectivity index (χ0) is 14.5. The van der Waals surface area contributed by atoms with E-state index in [1.54, 1.807) is 6.20 Å². The molecule has 0 saturated carbocycles. The monoisotopic (exact) mass is 295 g/mol. The molecular weight excluding hydrogens is 274 g/mol. The summed E-state index contributed by atoms with van der Waals surface area (Å²) in [5.41, 5.74) is 1.10. The highest BCUT2D eigenvalue weighted by atomic mass is 35.5. The van der Waals surface area contributed by atoms with Crippen LogP contribution in [0.25, 0.3) is 0 Å². The van der Waals surface area contributed by atoms with Crippen molar-refractivity contribution in [3.05, 3.63) is 23.5 Å². The number of carbonyl (C=O) groups excluding carboxylic acids is 1. The first-order chi connectivity index (χ1) is 9.65. The van der Waals surface area contributed by atoms with Crippen LogP contribution < -0.4 is 4.90 Å². The van der Waals surface area contributed by atoms with E-state index in [1.807, 2.05) is 30.9 Å². The van der Waals surface area contributed by atoms with Crippen LogP contribution in [0, 0.1) is 5.92 Å². The van der Waals surface area contributed by atoms with Crippen LogP contribution in [0.1, 0.15) is 26.7 Å². The van der Waals surface area contributed by atoms with Crippen LogP contribution in [-0.2, 0) is 4.79 Å². The van der Waals surface area contributed by atoms with Gasteiger partial charge in [-0.25, -0.2) is 4.98 Å². The number of aromatic nitrogens is 1. The van der Waals surface area contributed by atoms with Gasteiger partial charge in [-0.15, -0.1) is 0 Å². The second-order valence-corrected chi connectivity index (χ2v) is 5.50. The van der Waals surface area contributed by atoms with Crippen molar-refractivity contribution >= 4 is 23.2 Å². The summed E-state index contributed by atoms with van der Waals surface area (Å²) in [7, 11) is 0. The Balaban J connectivity index is 1.94. The summed E-state index contributed by atoms with van der Waals surface area (Å²) in [6.45, 7) is 7.48. The van der Waals surface area contributed by atoms with Gasteiger partial charge in [-0.2, -0.15) is 0 Å². The molecule has 1 fully saturated rings. The molecule has 0 bridgehead atoms. The van der Waals surface area contributed by atoms with E-state index in [-0.39, 0.29) is 5.92 Å². The van der Waals surface area contributed by atoms with E-state index in [4.69, 9.17) is 11.6 Å². The first-order valence-corrected chi connectivity index (χ1v) is 7.68. The Bertz CT molecular complexity index is 454.